The highest BCUT2D eigenvalue weighted by Gasteiger charge is 1.90. The number of rotatable bonds is 2. The van der Waals surface area contributed by atoms with Gasteiger partial charge in [0.15, 0.2) is 0 Å². The van der Waals surface area contributed by atoms with E-state index in [1.807, 2.05) is 6.92 Å². The quantitative estimate of drug-likeness (QED) is 0.472. The highest BCUT2D eigenvalue weighted by molar-refractivity contribution is 6.18. The Kier molecular flexibility index (Phi) is 3.65. The van der Waals surface area contributed by atoms with Crippen LogP contribution in [0.4, 0.5) is 0 Å². The van der Waals surface area contributed by atoms with Crippen LogP contribution in [0.15, 0.2) is 0 Å². The van der Waals surface area contributed by atoms with Gasteiger partial charge in [-0.3, -0.25) is 0 Å². The fourth-order valence-corrected chi connectivity index (χ4v) is 0.267. The Hall–Kier alpha value is 0.290. The van der Waals surface area contributed by atoms with Crippen molar-refractivity contribution in [2.24, 2.45) is 5.92 Å². The molecule has 1 heteroatoms. The monoisotopic (exact) mass is 105 g/mol. The van der Waals surface area contributed by atoms with Gasteiger partial charge in [-0.15, -0.1) is 11.6 Å². The highest BCUT2D eigenvalue weighted by Crippen LogP contribution is 1.99. The molecule has 0 aromatic carbocycles. The summed E-state index contributed by atoms with van der Waals surface area (Å²) in [5.74, 6) is 1.32. The van der Waals surface area contributed by atoms with Crippen molar-refractivity contribution in [1.82, 2.24) is 0 Å². The van der Waals surface area contributed by atoms with Gasteiger partial charge in [-0.05, 0) is 12.3 Å². The second-order valence-corrected chi connectivity index (χ2v) is 1.77. The predicted octanol–water partition coefficient (Wildman–Crippen LogP) is 2.09. The van der Waals surface area contributed by atoms with Crippen molar-refractivity contribution in [2.75, 3.05) is 5.88 Å². The highest BCUT2D eigenvalue weighted by atomic mass is 35.5. The van der Waals surface area contributed by atoms with Crippen molar-refractivity contribution in [3.05, 3.63) is 6.42 Å². The minimum Gasteiger partial charge on any atom is -0.126 e. The summed E-state index contributed by atoms with van der Waals surface area (Å²) in [7, 11) is 0. The summed E-state index contributed by atoms with van der Waals surface area (Å²) < 4.78 is 0. The van der Waals surface area contributed by atoms with Crippen LogP contribution in [0.25, 0.3) is 0 Å². The zero-order valence-corrected chi connectivity index (χ0v) is 5.00. The van der Waals surface area contributed by atoms with Crippen LogP contribution in [-0.2, 0) is 0 Å². The molecule has 0 aromatic heterocycles. The zero-order valence-electron chi connectivity index (χ0n) is 4.24. The van der Waals surface area contributed by atoms with E-state index in [9.17, 15) is 0 Å². The Bertz CT molecular complexity index is 23.1. The van der Waals surface area contributed by atoms with E-state index >= 15 is 0 Å². The van der Waals surface area contributed by atoms with E-state index in [2.05, 4.69) is 13.3 Å². The lowest BCUT2D eigenvalue weighted by Gasteiger charge is -1.96. The third-order valence-electron chi connectivity index (χ3n) is 0.812. The molecule has 1 unspecified atom stereocenters. The van der Waals surface area contributed by atoms with E-state index in [1.165, 1.54) is 0 Å². The molecule has 0 aliphatic heterocycles. The van der Waals surface area contributed by atoms with Gasteiger partial charge in [0.1, 0.15) is 0 Å². The molecule has 0 heterocycles. The molecule has 0 N–H and O–H groups in total. The Morgan fingerprint density at radius 3 is 2.33 bits per heavy atom. The maximum absolute atomic E-state index is 5.42. The Morgan fingerprint density at radius 2 is 2.33 bits per heavy atom. The van der Waals surface area contributed by atoms with E-state index in [-0.39, 0.29) is 0 Å². The van der Waals surface area contributed by atoms with E-state index < -0.39 is 0 Å². The first-order valence-electron chi connectivity index (χ1n) is 2.16. The Labute approximate surface area is 44.5 Å². The molecule has 37 valence electrons. The minimum atomic E-state index is 0.576. The van der Waals surface area contributed by atoms with Crippen molar-refractivity contribution < 1.29 is 0 Å². The van der Waals surface area contributed by atoms with Gasteiger partial charge in [-0.1, -0.05) is 13.8 Å². The summed E-state index contributed by atoms with van der Waals surface area (Å²) in [5.41, 5.74) is 0. The van der Waals surface area contributed by atoms with E-state index in [0.29, 0.717) is 5.92 Å². The second kappa shape index (κ2) is 3.48. The minimum absolute atomic E-state index is 0.576. The standard InChI is InChI=1S/C5H10Cl/c1-3-5(2)4-6/h3,5H,4H2,1-2H3. The van der Waals surface area contributed by atoms with Crippen LogP contribution in [0.1, 0.15) is 13.8 Å². The largest absolute Gasteiger partial charge is 0.126 e. The fraction of sp³-hybridized carbons (Fsp3) is 0.800. The molecule has 0 nitrogen and oxygen atoms in total. The fourth-order valence-electron chi connectivity index (χ4n) is 0.0891. The SMILES string of the molecule is C[CH]C(C)CCl. The average Bonchev–Trinajstić information content (AvgIpc) is 1.65. The molecule has 0 fully saturated rings. The Morgan fingerprint density at radius 1 is 1.83 bits per heavy atom. The van der Waals surface area contributed by atoms with Crippen LogP contribution in [-0.4, -0.2) is 5.88 Å². The second-order valence-electron chi connectivity index (χ2n) is 1.46. The van der Waals surface area contributed by atoms with Gasteiger partial charge < -0.3 is 0 Å². The normalized spacial score (nSPS) is 14.5. The maximum Gasteiger partial charge on any atom is 0.0251 e. The number of hydrogen-bond acceptors (Lipinski definition) is 0. The summed E-state index contributed by atoms with van der Waals surface area (Å²) in [5, 5.41) is 0. The molecule has 0 spiro atoms. The molecule has 1 atom stereocenters. The summed E-state index contributed by atoms with van der Waals surface area (Å²) >= 11 is 5.42. The van der Waals surface area contributed by atoms with Gasteiger partial charge in [0.25, 0.3) is 0 Å². The average molecular weight is 106 g/mol. The molecule has 0 aliphatic carbocycles. The molecule has 0 aromatic rings. The summed E-state index contributed by atoms with van der Waals surface area (Å²) in [6.07, 6.45) is 2.09. The predicted molar refractivity (Wildman–Crippen MR) is 29.9 cm³/mol. The smallest absolute Gasteiger partial charge is 0.0251 e. The summed E-state index contributed by atoms with van der Waals surface area (Å²) in [4.78, 5) is 0. The van der Waals surface area contributed by atoms with Gasteiger partial charge in [0.05, 0.1) is 0 Å². The van der Waals surface area contributed by atoms with Crippen LogP contribution in [0, 0.1) is 12.3 Å². The Balaban J connectivity index is 2.75. The number of hydrogen-bond donors (Lipinski definition) is 0. The molecule has 0 amide bonds. The van der Waals surface area contributed by atoms with E-state index in [0.717, 1.165) is 5.88 Å². The lowest BCUT2D eigenvalue weighted by atomic mass is 10.2. The van der Waals surface area contributed by atoms with Crippen molar-refractivity contribution in [3.8, 4) is 0 Å². The molecule has 0 rings (SSSR count). The molecular weight excluding hydrogens is 95.5 g/mol. The number of alkyl halides is 1. The van der Waals surface area contributed by atoms with Crippen molar-refractivity contribution in [2.45, 2.75) is 13.8 Å². The van der Waals surface area contributed by atoms with Crippen LogP contribution >= 0.6 is 11.6 Å². The topological polar surface area (TPSA) is 0 Å². The maximum atomic E-state index is 5.42. The first-order valence-corrected chi connectivity index (χ1v) is 2.70. The first-order chi connectivity index (χ1) is 2.81. The van der Waals surface area contributed by atoms with Gasteiger partial charge in [0, 0.05) is 5.88 Å². The number of halogens is 1. The van der Waals surface area contributed by atoms with E-state index in [1.54, 1.807) is 0 Å². The van der Waals surface area contributed by atoms with Gasteiger partial charge in [0.2, 0.25) is 0 Å². The molecule has 1 radical (unpaired) electrons. The molecule has 6 heavy (non-hydrogen) atoms. The lowest BCUT2D eigenvalue weighted by molar-refractivity contribution is 0.770. The molecule has 0 bridgehead atoms. The van der Waals surface area contributed by atoms with Gasteiger partial charge >= 0.3 is 0 Å². The zero-order chi connectivity index (χ0) is 4.99. The van der Waals surface area contributed by atoms with Gasteiger partial charge in [-0.25, -0.2) is 0 Å². The van der Waals surface area contributed by atoms with E-state index in [4.69, 9.17) is 11.6 Å². The van der Waals surface area contributed by atoms with Crippen LogP contribution in [0.3, 0.4) is 0 Å². The molecular formula is C5H10Cl. The molecule has 0 saturated carbocycles. The van der Waals surface area contributed by atoms with Crippen molar-refractivity contribution in [1.29, 1.82) is 0 Å². The van der Waals surface area contributed by atoms with Crippen LogP contribution in [0.2, 0.25) is 0 Å². The van der Waals surface area contributed by atoms with Crippen LogP contribution in [0.5, 0.6) is 0 Å². The van der Waals surface area contributed by atoms with Gasteiger partial charge in [-0.2, -0.15) is 0 Å². The first kappa shape index (κ1) is 6.29. The molecule has 0 aliphatic rings. The molecule has 0 saturated heterocycles. The van der Waals surface area contributed by atoms with Crippen molar-refractivity contribution >= 4 is 11.6 Å². The van der Waals surface area contributed by atoms with Crippen molar-refractivity contribution in [3.63, 3.8) is 0 Å². The summed E-state index contributed by atoms with van der Waals surface area (Å²) in [6.45, 7) is 4.11. The summed E-state index contributed by atoms with van der Waals surface area (Å²) in [6, 6.07) is 0. The third-order valence-corrected chi connectivity index (χ3v) is 1.30. The van der Waals surface area contributed by atoms with Crippen LogP contribution < -0.4 is 0 Å². The lowest BCUT2D eigenvalue weighted by Crippen LogP contribution is -1.91. The third kappa shape index (κ3) is 2.52.